The first-order chi connectivity index (χ1) is 9.20. The molecule has 0 fully saturated rings. The summed E-state index contributed by atoms with van der Waals surface area (Å²) in [4.78, 5) is 7.34. The Balaban J connectivity index is 2.27. The fraction of sp³-hybridized carbons (Fsp3) is 0.0667. The standard InChI is InChI=1S/C15H12Cl2N2/c1-18-15(17)19-14(16)10-9-12-7-4-6-11-5-2-3-8-13(11)12/h2-8,10H,1,9H2/b14-10-,19-15?. The van der Waals surface area contributed by atoms with E-state index < -0.39 is 0 Å². The second-order valence-corrected chi connectivity index (χ2v) is 4.63. The number of rotatable bonds is 3. The van der Waals surface area contributed by atoms with Crippen molar-refractivity contribution in [2.45, 2.75) is 6.42 Å². The highest BCUT2D eigenvalue weighted by atomic mass is 35.5. The SMILES string of the molecule is C=NC(Cl)=N/C(Cl)=C\Cc1cccc2ccccc12. The van der Waals surface area contributed by atoms with Crippen molar-refractivity contribution in [3.8, 4) is 0 Å². The lowest BCUT2D eigenvalue weighted by Crippen LogP contribution is -1.85. The first-order valence-electron chi connectivity index (χ1n) is 5.74. The summed E-state index contributed by atoms with van der Waals surface area (Å²) in [6.45, 7) is 3.27. The molecule has 0 amide bonds. The molecule has 0 aliphatic carbocycles. The number of hydrogen-bond donors (Lipinski definition) is 0. The minimum atomic E-state index is 0.0409. The summed E-state index contributed by atoms with van der Waals surface area (Å²) in [5, 5.41) is 2.77. The van der Waals surface area contributed by atoms with E-state index in [0.29, 0.717) is 11.6 Å². The van der Waals surface area contributed by atoms with Gasteiger partial charge in [0.05, 0.1) is 0 Å². The van der Waals surface area contributed by atoms with Crippen LogP contribution in [0.2, 0.25) is 0 Å². The molecular weight excluding hydrogens is 279 g/mol. The van der Waals surface area contributed by atoms with Crippen molar-refractivity contribution in [2.75, 3.05) is 0 Å². The second kappa shape index (κ2) is 6.50. The fourth-order valence-electron chi connectivity index (χ4n) is 1.83. The Morgan fingerprint density at radius 1 is 1.11 bits per heavy atom. The third-order valence-electron chi connectivity index (χ3n) is 2.70. The summed E-state index contributed by atoms with van der Waals surface area (Å²) in [5.41, 5.74) is 1.19. The van der Waals surface area contributed by atoms with Gasteiger partial charge in [-0.1, -0.05) is 54.1 Å². The van der Waals surface area contributed by atoms with Crippen molar-refractivity contribution < 1.29 is 0 Å². The molecule has 2 rings (SSSR count). The monoisotopic (exact) mass is 290 g/mol. The maximum Gasteiger partial charge on any atom is 0.223 e. The molecule has 0 heterocycles. The molecule has 0 unspecified atom stereocenters. The predicted molar refractivity (Wildman–Crippen MR) is 84.4 cm³/mol. The van der Waals surface area contributed by atoms with Crippen molar-refractivity contribution in [1.82, 2.24) is 0 Å². The van der Waals surface area contributed by atoms with Gasteiger partial charge in [0.2, 0.25) is 5.29 Å². The van der Waals surface area contributed by atoms with Crippen LogP contribution in [-0.2, 0) is 6.42 Å². The second-order valence-electron chi connectivity index (χ2n) is 3.91. The third-order valence-corrected chi connectivity index (χ3v) is 3.14. The van der Waals surface area contributed by atoms with E-state index in [1.165, 1.54) is 16.3 Å². The molecular formula is C15H12Cl2N2. The molecule has 2 nitrogen and oxygen atoms in total. The van der Waals surface area contributed by atoms with E-state index >= 15 is 0 Å². The van der Waals surface area contributed by atoms with Gasteiger partial charge in [-0.15, -0.1) is 0 Å². The van der Waals surface area contributed by atoms with Crippen LogP contribution >= 0.6 is 23.2 Å². The van der Waals surface area contributed by atoms with Crippen molar-refractivity contribution in [2.24, 2.45) is 9.98 Å². The molecule has 0 bridgehead atoms. The molecule has 0 aliphatic rings. The number of hydrogen-bond acceptors (Lipinski definition) is 1. The number of allylic oxidation sites excluding steroid dienone is 1. The van der Waals surface area contributed by atoms with Gasteiger partial charge in [-0.05, 0) is 47.2 Å². The maximum absolute atomic E-state index is 5.96. The molecule has 96 valence electrons. The smallest absolute Gasteiger partial charge is 0.223 e. The highest BCUT2D eigenvalue weighted by Gasteiger charge is 1.99. The zero-order valence-electron chi connectivity index (χ0n) is 10.2. The molecule has 2 aromatic rings. The van der Waals surface area contributed by atoms with Crippen LogP contribution in [0.3, 0.4) is 0 Å². The lowest BCUT2D eigenvalue weighted by Gasteiger charge is -2.03. The van der Waals surface area contributed by atoms with Crippen molar-refractivity contribution in [1.29, 1.82) is 0 Å². The Morgan fingerprint density at radius 2 is 1.84 bits per heavy atom. The van der Waals surface area contributed by atoms with Crippen LogP contribution in [0.15, 0.2) is 63.7 Å². The van der Waals surface area contributed by atoms with Crippen molar-refractivity contribution in [3.63, 3.8) is 0 Å². The van der Waals surface area contributed by atoms with Crippen LogP contribution in [0.1, 0.15) is 5.56 Å². The molecule has 0 atom stereocenters. The van der Waals surface area contributed by atoms with E-state index in [9.17, 15) is 0 Å². The van der Waals surface area contributed by atoms with Gasteiger partial charge >= 0.3 is 0 Å². The summed E-state index contributed by atoms with van der Waals surface area (Å²) in [7, 11) is 0. The summed E-state index contributed by atoms with van der Waals surface area (Å²) in [6, 6.07) is 14.4. The topological polar surface area (TPSA) is 24.7 Å². The zero-order chi connectivity index (χ0) is 13.7. The van der Waals surface area contributed by atoms with Gasteiger partial charge < -0.3 is 0 Å². The fourth-order valence-corrected chi connectivity index (χ4v) is 2.13. The number of halogens is 2. The molecule has 0 spiro atoms. The molecule has 19 heavy (non-hydrogen) atoms. The van der Waals surface area contributed by atoms with Crippen LogP contribution in [0.4, 0.5) is 0 Å². The number of fused-ring (bicyclic) bond motifs is 1. The Kier molecular flexibility index (Phi) is 4.72. The summed E-state index contributed by atoms with van der Waals surface area (Å²) in [6.07, 6.45) is 2.49. The first-order valence-corrected chi connectivity index (χ1v) is 6.49. The van der Waals surface area contributed by atoms with E-state index in [4.69, 9.17) is 23.2 Å². The van der Waals surface area contributed by atoms with E-state index in [1.54, 1.807) is 6.08 Å². The van der Waals surface area contributed by atoms with E-state index in [2.05, 4.69) is 41.0 Å². The number of amidine groups is 1. The average Bonchev–Trinajstić information content (AvgIpc) is 2.44. The summed E-state index contributed by atoms with van der Waals surface area (Å²) in [5.74, 6) is 0. The highest BCUT2D eigenvalue weighted by molar-refractivity contribution is 6.65. The lowest BCUT2D eigenvalue weighted by atomic mass is 10.0. The van der Waals surface area contributed by atoms with Gasteiger partial charge in [0.1, 0.15) is 5.16 Å². The van der Waals surface area contributed by atoms with Gasteiger partial charge in [-0.3, -0.25) is 0 Å². The number of aliphatic imine (C=N–C) groups is 2. The maximum atomic E-state index is 5.96. The molecule has 2 aromatic carbocycles. The first kappa shape index (κ1) is 13.8. The minimum absolute atomic E-state index is 0.0409. The molecule has 0 saturated carbocycles. The highest BCUT2D eigenvalue weighted by Crippen LogP contribution is 2.20. The molecule has 0 aromatic heterocycles. The minimum Gasteiger partial charge on any atom is -0.234 e. The van der Waals surface area contributed by atoms with Crippen LogP contribution in [0.25, 0.3) is 10.8 Å². The molecule has 0 N–H and O–H groups in total. The van der Waals surface area contributed by atoms with Gasteiger partial charge in [-0.2, -0.15) is 0 Å². The largest absolute Gasteiger partial charge is 0.234 e. The van der Waals surface area contributed by atoms with Crippen LogP contribution in [-0.4, -0.2) is 12.0 Å². The number of benzene rings is 2. The van der Waals surface area contributed by atoms with Gasteiger partial charge in [0.15, 0.2) is 0 Å². The zero-order valence-corrected chi connectivity index (χ0v) is 11.7. The van der Waals surface area contributed by atoms with Gasteiger partial charge in [-0.25, -0.2) is 9.98 Å². The summed E-state index contributed by atoms with van der Waals surface area (Å²) < 4.78 is 0. The third kappa shape index (κ3) is 3.66. The quantitative estimate of drug-likeness (QED) is 0.442. The molecule has 4 heteroatoms. The van der Waals surface area contributed by atoms with Gasteiger partial charge in [0, 0.05) is 0 Å². The predicted octanol–water partition coefficient (Wildman–Crippen LogP) is 4.76. The van der Waals surface area contributed by atoms with E-state index in [-0.39, 0.29) is 5.29 Å². The molecule has 0 radical (unpaired) electrons. The van der Waals surface area contributed by atoms with E-state index in [0.717, 1.165) is 0 Å². The normalized spacial score (nSPS) is 12.7. The Morgan fingerprint density at radius 3 is 2.63 bits per heavy atom. The Hall–Kier alpha value is -1.64. The number of nitrogens with zero attached hydrogens (tertiary/aromatic N) is 2. The molecule has 0 aliphatic heterocycles. The molecule has 0 saturated heterocycles. The lowest BCUT2D eigenvalue weighted by molar-refractivity contribution is 1.27. The Labute approximate surface area is 122 Å². The van der Waals surface area contributed by atoms with Gasteiger partial charge in [0.25, 0.3) is 0 Å². The van der Waals surface area contributed by atoms with Crippen molar-refractivity contribution in [3.05, 3.63) is 59.3 Å². The van der Waals surface area contributed by atoms with Crippen LogP contribution < -0.4 is 0 Å². The van der Waals surface area contributed by atoms with Crippen LogP contribution in [0.5, 0.6) is 0 Å². The average molecular weight is 291 g/mol. The van der Waals surface area contributed by atoms with E-state index in [1.807, 2.05) is 18.2 Å². The van der Waals surface area contributed by atoms with Crippen molar-refractivity contribution >= 4 is 46.0 Å². The van der Waals surface area contributed by atoms with Crippen LogP contribution in [0, 0.1) is 0 Å². The summed E-state index contributed by atoms with van der Waals surface area (Å²) >= 11 is 11.6. The Bertz CT molecular complexity index is 655.